The van der Waals surface area contributed by atoms with E-state index in [0.29, 0.717) is 27.8 Å². The van der Waals surface area contributed by atoms with E-state index in [2.05, 4.69) is 10.1 Å². The van der Waals surface area contributed by atoms with Crippen molar-refractivity contribution in [1.29, 1.82) is 0 Å². The van der Waals surface area contributed by atoms with Crippen LogP contribution in [0.2, 0.25) is 0 Å². The highest BCUT2D eigenvalue weighted by Gasteiger charge is 2.33. The number of sulfonamides is 1. The van der Waals surface area contributed by atoms with E-state index < -0.39 is 33.4 Å². The lowest BCUT2D eigenvalue weighted by Crippen LogP contribution is -2.34. The van der Waals surface area contributed by atoms with Crippen LogP contribution in [0, 0.1) is 5.82 Å². The fourth-order valence-electron chi connectivity index (χ4n) is 5.77. The fourth-order valence-corrected chi connectivity index (χ4v) is 6.69. The minimum absolute atomic E-state index is 0.0286. The van der Waals surface area contributed by atoms with E-state index in [1.54, 1.807) is 37.3 Å². The zero-order valence-electron chi connectivity index (χ0n) is 30.3. The van der Waals surface area contributed by atoms with Crippen molar-refractivity contribution in [1.82, 2.24) is 5.32 Å². The van der Waals surface area contributed by atoms with Gasteiger partial charge in [-0.25, -0.2) is 17.6 Å². The zero-order chi connectivity index (χ0) is 38.8. The summed E-state index contributed by atoms with van der Waals surface area (Å²) < 4.78 is 69.0. The predicted octanol–water partition coefficient (Wildman–Crippen LogP) is 5.68. The Labute approximate surface area is 312 Å². The molecule has 1 aromatic heterocycles. The molecule has 0 spiro atoms. The van der Waals surface area contributed by atoms with Crippen LogP contribution in [-0.4, -0.2) is 90.7 Å². The average molecular weight is 767 g/mol. The minimum Gasteiger partial charge on any atom is -0.502 e. The molecule has 1 saturated carbocycles. The highest BCUT2D eigenvalue weighted by Crippen LogP contribution is 2.48. The number of aliphatic hydroxyl groups is 1. The summed E-state index contributed by atoms with van der Waals surface area (Å²) in [7, 11) is -2.24. The molecule has 5 rings (SSSR count). The summed E-state index contributed by atoms with van der Waals surface area (Å²) in [5, 5.41) is 12.9. The Hall–Kier alpha value is -5.09. The standard InChI is InChI=1S/C39H43FN2O11S/c1-4-52-39(46)34(44)23-33(43)28-7-5-6-25(20-28)24-51-19-18-50-17-16-49-15-14-42(54(3,47)48)32-22-35-31(21-30(32)26-8-9-26)36(38(45)41-2)37(53-35)27-10-12-29(40)13-11-27/h5-7,10-13,20-23,26,44H,4,8-9,14-19,24H2,1-3H3,(H,41,45). The number of hydrogen-bond acceptors (Lipinski definition) is 11. The third kappa shape index (κ3) is 10.3. The molecule has 0 saturated heterocycles. The number of furan rings is 1. The fraction of sp³-hybridized carbons (Fsp3) is 0.359. The molecule has 1 aliphatic rings. The Bertz CT molecular complexity index is 2110. The van der Waals surface area contributed by atoms with Gasteiger partial charge in [-0.2, -0.15) is 0 Å². The molecule has 1 amide bonds. The van der Waals surface area contributed by atoms with Crippen molar-refractivity contribution < 1.29 is 55.7 Å². The van der Waals surface area contributed by atoms with E-state index in [4.69, 9.17) is 18.6 Å². The van der Waals surface area contributed by atoms with Crippen LogP contribution in [0.15, 0.2) is 76.9 Å². The molecule has 0 radical (unpaired) electrons. The van der Waals surface area contributed by atoms with Gasteiger partial charge in [-0.05, 0) is 73.2 Å². The molecule has 4 aromatic rings. The van der Waals surface area contributed by atoms with Gasteiger partial charge in [-0.1, -0.05) is 18.2 Å². The number of carbonyl (C=O) groups excluding carboxylic acids is 3. The van der Waals surface area contributed by atoms with Crippen LogP contribution in [0.1, 0.15) is 57.5 Å². The Kier molecular flexibility index (Phi) is 13.6. The minimum atomic E-state index is -3.75. The van der Waals surface area contributed by atoms with Gasteiger partial charge in [0.1, 0.15) is 17.2 Å². The summed E-state index contributed by atoms with van der Waals surface area (Å²) in [6.45, 7) is 2.93. The number of fused-ring (bicyclic) bond motifs is 1. The third-order valence-electron chi connectivity index (χ3n) is 8.50. The largest absolute Gasteiger partial charge is 0.502 e. The monoisotopic (exact) mass is 766 g/mol. The number of nitrogens with one attached hydrogen (secondary N) is 1. The molecular formula is C39H43FN2O11S. The number of esters is 1. The summed E-state index contributed by atoms with van der Waals surface area (Å²) in [4.78, 5) is 37.0. The number of ether oxygens (including phenoxy) is 4. The maximum Gasteiger partial charge on any atom is 0.373 e. The number of anilines is 1. The van der Waals surface area contributed by atoms with Gasteiger partial charge in [0, 0.05) is 35.7 Å². The number of allylic oxidation sites excluding steroid dienone is 1. The first-order chi connectivity index (χ1) is 25.9. The molecule has 3 aromatic carbocycles. The number of rotatable bonds is 20. The van der Waals surface area contributed by atoms with Crippen LogP contribution in [0.5, 0.6) is 0 Å². The average Bonchev–Trinajstić information content (AvgIpc) is 3.93. The Morgan fingerprint density at radius 1 is 0.981 bits per heavy atom. The molecule has 54 heavy (non-hydrogen) atoms. The quantitative estimate of drug-likeness (QED) is 0.0373. The number of halogens is 1. The Morgan fingerprint density at radius 2 is 1.67 bits per heavy atom. The van der Waals surface area contributed by atoms with Crippen molar-refractivity contribution in [2.45, 2.75) is 32.3 Å². The van der Waals surface area contributed by atoms with Crippen molar-refractivity contribution in [3.8, 4) is 11.3 Å². The van der Waals surface area contributed by atoms with Gasteiger partial charge in [0.25, 0.3) is 5.91 Å². The van der Waals surface area contributed by atoms with E-state index in [9.17, 15) is 32.3 Å². The lowest BCUT2D eigenvalue weighted by atomic mass is 10.0. The van der Waals surface area contributed by atoms with Gasteiger partial charge >= 0.3 is 5.97 Å². The van der Waals surface area contributed by atoms with Gasteiger partial charge in [-0.15, -0.1) is 0 Å². The Morgan fingerprint density at radius 3 is 2.31 bits per heavy atom. The molecular weight excluding hydrogens is 723 g/mol. The second-order valence-electron chi connectivity index (χ2n) is 12.5. The molecule has 0 unspecified atom stereocenters. The van der Waals surface area contributed by atoms with E-state index >= 15 is 0 Å². The van der Waals surface area contributed by atoms with Crippen molar-refractivity contribution in [2.24, 2.45) is 0 Å². The van der Waals surface area contributed by atoms with Crippen LogP contribution in [0.25, 0.3) is 22.3 Å². The van der Waals surface area contributed by atoms with E-state index in [1.807, 2.05) is 6.07 Å². The van der Waals surface area contributed by atoms with E-state index in [-0.39, 0.29) is 81.5 Å². The van der Waals surface area contributed by atoms with E-state index in [1.165, 1.54) is 35.6 Å². The van der Waals surface area contributed by atoms with Gasteiger partial charge in [-0.3, -0.25) is 13.9 Å². The molecule has 0 bridgehead atoms. The van der Waals surface area contributed by atoms with Crippen LogP contribution >= 0.6 is 0 Å². The van der Waals surface area contributed by atoms with Gasteiger partial charge < -0.3 is 33.8 Å². The number of benzene rings is 3. The summed E-state index contributed by atoms with van der Waals surface area (Å²) in [5.74, 6) is -2.74. The highest BCUT2D eigenvalue weighted by molar-refractivity contribution is 7.92. The number of carbonyl (C=O) groups is 3. The van der Waals surface area contributed by atoms with E-state index in [0.717, 1.165) is 30.7 Å². The normalized spacial score (nSPS) is 13.2. The molecule has 1 fully saturated rings. The van der Waals surface area contributed by atoms with Crippen LogP contribution in [-0.2, 0) is 40.4 Å². The maximum atomic E-state index is 13.7. The molecule has 288 valence electrons. The topological polar surface area (TPSA) is 171 Å². The molecule has 0 aliphatic heterocycles. The number of amides is 1. The lowest BCUT2D eigenvalue weighted by Gasteiger charge is -2.25. The summed E-state index contributed by atoms with van der Waals surface area (Å²) >= 11 is 0. The van der Waals surface area contributed by atoms with Crippen LogP contribution < -0.4 is 9.62 Å². The number of nitrogens with zero attached hydrogens (tertiary/aromatic N) is 1. The lowest BCUT2D eigenvalue weighted by molar-refractivity contribution is -0.141. The molecule has 1 aliphatic carbocycles. The first kappa shape index (κ1) is 40.1. The van der Waals surface area contributed by atoms with Gasteiger partial charge in [0.2, 0.25) is 15.8 Å². The molecule has 2 N–H and O–H groups in total. The van der Waals surface area contributed by atoms with Crippen LogP contribution in [0.4, 0.5) is 10.1 Å². The molecule has 13 nitrogen and oxygen atoms in total. The molecule has 1 heterocycles. The van der Waals surface area contributed by atoms with Gasteiger partial charge in [0.15, 0.2) is 5.78 Å². The Balaban J connectivity index is 1.13. The number of aliphatic hydroxyl groups excluding tert-OH is 1. The SMILES string of the molecule is CCOC(=O)C(O)=CC(=O)c1cccc(COCCOCCOCCN(c2cc3oc(-c4ccc(F)cc4)c(C(=O)NC)c3cc2C2CC2)S(C)(=O)=O)c1. The zero-order valence-corrected chi connectivity index (χ0v) is 31.1. The van der Waals surface area contributed by atoms with Crippen molar-refractivity contribution >= 4 is 44.3 Å². The van der Waals surface area contributed by atoms with Gasteiger partial charge in [0.05, 0.1) is 70.3 Å². The van der Waals surface area contributed by atoms with Crippen molar-refractivity contribution in [3.63, 3.8) is 0 Å². The second-order valence-corrected chi connectivity index (χ2v) is 14.4. The van der Waals surface area contributed by atoms with Crippen LogP contribution in [0.3, 0.4) is 0 Å². The first-order valence-corrected chi connectivity index (χ1v) is 19.3. The first-order valence-electron chi connectivity index (χ1n) is 17.4. The van der Waals surface area contributed by atoms with Crippen molar-refractivity contribution in [2.75, 3.05) is 63.8 Å². The number of hydrogen-bond donors (Lipinski definition) is 2. The second kappa shape index (κ2) is 18.3. The molecule has 0 atom stereocenters. The number of ketones is 1. The smallest absolute Gasteiger partial charge is 0.373 e. The highest BCUT2D eigenvalue weighted by atomic mass is 32.2. The van der Waals surface area contributed by atoms with Crippen molar-refractivity contribution in [3.05, 3.63) is 101 Å². The predicted molar refractivity (Wildman–Crippen MR) is 199 cm³/mol. The third-order valence-corrected chi connectivity index (χ3v) is 9.68. The maximum absolute atomic E-state index is 13.7. The summed E-state index contributed by atoms with van der Waals surface area (Å²) in [6.07, 6.45) is 3.69. The molecule has 15 heteroatoms. The summed E-state index contributed by atoms with van der Waals surface area (Å²) in [6, 6.07) is 15.7. The summed E-state index contributed by atoms with van der Waals surface area (Å²) in [5.41, 5.74) is 3.33.